The van der Waals surface area contributed by atoms with Crippen LogP contribution in [0.5, 0.6) is 0 Å². The van der Waals surface area contributed by atoms with Gasteiger partial charge in [0.25, 0.3) is 5.91 Å². The van der Waals surface area contributed by atoms with E-state index in [0.717, 1.165) is 30.4 Å². The summed E-state index contributed by atoms with van der Waals surface area (Å²) in [5.74, 6) is -0.0637. The van der Waals surface area contributed by atoms with Crippen LogP contribution in [0.3, 0.4) is 0 Å². The third kappa shape index (κ3) is 3.43. The lowest BCUT2D eigenvalue weighted by Crippen LogP contribution is -2.40. The Labute approximate surface area is 135 Å². The molecule has 3 rings (SSSR count). The molecule has 1 unspecified atom stereocenters. The summed E-state index contributed by atoms with van der Waals surface area (Å²) in [6.07, 6.45) is 3.54. The van der Waals surface area contributed by atoms with E-state index >= 15 is 0 Å². The van der Waals surface area contributed by atoms with Crippen LogP contribution in [0.15, 0.2) is 30.5 Å². The Kier molecular flexibility index (Phi) is 6.33. The molecule has 114 valence electrons. The third-order valence-corrected chi connectivity index (χ3v) is 3.58. The number of hydrogen-bond donors (Lipinski definition) is 1. The Morgan fingerprint density at radius 2 is 2.00 bits per heavy atom. The maximum atomic E-state index is 12.4. The molecule has 0 aliphatic carbocycles. The number of benzene rings is 1. The highest BCUT2D eigenvalue weighted by molar-refractivity contribution is 5.94. The lowest BCUT2D eigenvalue weighted by atomic mass is 10.2. The lowest BCUT2D eigenvalue weighted by molar-refractivity contribution is 0.0735. The number of amides is 1. The Morgan fingerprint density at radius 3 is 2.71 bits per heavy atom. The van der Waals surface area contributed by atoms with Crippen LogP contribution in [0.25, 0.3) is 11.0 Å². The Balaban J connectivity index is 0.00000110. The van der Waals surface area contributed by atoms with Gasteiger partial charge in [0.2, 0.25) is 0 Å². The van der Waals surface area contributed by atoms with Crippen molar-refractivity contribution in [1.29, 1.82) is 0 Å². The molecular formula is C14H18Cl2N4O. The Hall–Kier alpha value is -1.43. The van der Waals surface area contributed by atoms with E-state index in [4.69, 9.17) is 5.73 Å². The number of aromatic nitrogens is 2. The van der Waals surface area contributed by atoms with E-state index in [9.17, 15) is 4.79 Å². The number of nitrogens with two attached hydrogens (primary N) is 1. The van der Waals surface area contributed by atoms with Gasteiger partial charge < -0.3 is 10.6 Å². The minimum absolute atomic E-state index is 0. The van der Waals surface area contributed by atoms with Crippen LogP contribution in [0.2, 0.25) is 0 Å². The highest BCUT2D eigenvalue weighted by Gasteiger charge is 2.29. The van der Waals surface area contributed by atoms with E-state index in [-0.39, 0.29) is 36.8 Å². The molecule has 7 heteroatoms. The van der Waals surface area contributed by atoms with Gasteiger partial charge in [0.05, 0.1) is 17.2 Å². The van der Waals surface area contributed by atoms with Gasteiger partial charge in [-0.2, -0.15) is 0 Å². The van der Waals surface area contributed by atoms with E-state index in [1.54, 1.807) is 6.20 Å². The SMILES string of the molecule is Cl.Cl.NCC1CCCN1C(=O)c1cnc2ccccc2n1. The van der Waals surface area contributed by atoms with Gasteiger partial charge in [-0.05, 0) is 25.0 Å². The molecule has 2 heterocycles. The van der Waals surface area contributed by atoms with Crippen molar-refractivity contribution in [3.63, 3.8) is 0 Å². The molecule has 21 heavy (non-hydrogen) atoms. The van der Waals surface area contributed by atoms with Crippen molar-refractivity contribution < 1.29 is 4.79 Å². The standard InChI is InChI=1S/C14H16N4O.2ClH/c15-8-10-4-3-7-18(10)14(19)13-9-16-11-5-1-2-6-12(11)17-13;;/h1-2,5-6,9-10H,3-4,7-8,15H2;2*1H. The molecule has 0 radical (unpaired) electrons. The number of para-hydroxylation sites is 2. The summed E-state index contributed by atoms with van der Waals surface area (Å²) in [6, 6.07) is 7.69. The Morgan fingerprint density at radius 1 is 1.29 bits per heavy atom. The minimum Gasteiger partial charge on any atom is -0.333 e. The highest BCUT2D eigenvalue weighted by atomic mass is 35.5. The summed E-state index contributed by atoms with van der Waals surface area (Å²) >= 11 is 0. The first-order valence-corrected chi connectivity index (χ1v) is 6.52. The molecule has 0 spiro atoms. The molecule has 1 amide bonds. The molecule has 1 saturated heterocycles. The molecule has 1 aliphatic heterocycles. The van der Waals surface area contributed by atoms with E-state index in [1.807, 2.05) is 29.2 Å². The van der Waals surface area contributed by atoms with Gasteiger partial charge in [0, 0.05) is 19.1 Å². The van der Waals surface area contributed by atoms with Crippen molar-refractivity contribution in [1.82, 2.24) is 14.9 Å². The summed E-state index contributed by atoms with van der Waals surface area (Å²) in [5.41, 5.74) is 7.65. The van der Waals surface area contributed by atoms with Crippen LogP contribution in [0.1, 0.15) is 23.3 Å². The molecule has 1 aromatic carbocycles. The second-order valence-corrected chi connectivity index (χ2v) is 4.77. The van der Waals surface area contributed by atoms with Gasteiger partial charge in [-0.25, -0.2) is 4.98 Å². The van der Waals surface area contributed by atoms with Crippen LogP contribution in [-0.4, -0.2) is 39.9 Å². The third-order valence-electron chi connectivity index (χ3n) is 3.58. The lowest BCUT2D eigenvalue weighted by Gasteiger charge is -2.22. The van der Waals surface area contributed by atoms with Crippen LogP contribution < -0.4 is 5.73 Å². The fraction of sp³-hybridized carbons (Fsp3) is 0.357. The normalized spacial score (nSPS) is 17.2. The summed E-state index contributed by atoms with van der Waals surface area (Å²) in [5, 5.41) is 0. The van der Waals surface area contributed by atoms with Crippen LogP contribution >= 0.6 is 24.8 Å². The monoisotopic (exact) mass is 328 g/mol. The van der Waals surface area contributed by atoms with E-state index in [0.29, 0.717) is 12.2 Å². The van der Waals surface area contributed by atoms with E-state index in [2.05, 4.69) is 9.97 Å². The number of hydrogen-bond acceptors (Lipinski definition) is 4. The molecular weight excluding hydrogens is 311 g/mol. The number of likely N-dealkylation sites (tertiary alicyclic amines) is 1. The average Bonchev–Trinajstić information content (AvgIpc) is 2.94. The predicted octanol–water partition coefficient (Wildman–Crippen LogP) is 2.04. The zero-order valence-electron chi connectivity index (χ0n) is 11.4. The van der Waals surface area contributed by atoms with Crippen LogP contribution in [0, 0.1) is 0 Å². The van der Waals surface area contributed by atoms with Crippen LogP contribution in [-0.2, 0) is 0 Å². The summed E-state index contributed by atoms with van der Waals surface area (Å²) in [7, 11) is 0. The van der Waals surface area contributed by atoms with Crippen molar-refractivity contribution in [3.05, 3.63) is 36.2 Å². The van der Waals surface area contributed by atoms with Crippen LogP contribution in [0.4, 0.5) is 0 Å². The first-order chi connectivity index (χ1) is 9.29. The van der Waals surface area contributed by atoms with Crippen molar-refractivity contribution in [2.45, 2.75) is 18.9 Å². The summed E-state index contributed by atoms with van der Waals surface area (Å²) in [6.45, 7) is 1.27. The number of carbonyl (C=O) groups is 1. The Bertz CT molecular complexity index is 623. The zero-order chi connectivity index (χ0) is 13.2. The van der Waals surface area contributed by atoms with Gasteiger partial charge in [-0.3, -0.25) is 9.78 Å². The van der Waals surface area contributed by atoms with Crippen molar-refractivity contribution in [2.24, 2.45) is 5.73 Å². The second-order valence-electron chi connectivity index (χ2n) is 4.77. The van der Waals surface area contributed by atoms with Crippen molar-refractivity contribution >= 4 is 41.8 Å². The van der Waals surface area contributed by atoms with Gasteiger partial charge in [-0.15, -0.1) is 24.8 Å². The summed E-state index contributed by atoms with van der Waals surface area (Å²) in [4.78, 5) is 22.9. The summed E-state index contributed by atoms with van der Waals surface area (Å²) < 4.78 is 0. The maximum Gasteiger partial charge on any atom is 0.274 e. The predicted molar refractivity (Wildman–Crippen MR) is 87.1 cm³/mol. The smallest absolute Gasteiger partial charge is 0.274 e. The molecule has 0 bridgehead atoms. The highest BCUT2D eigenvalue weighted by Crippen LogP contribution is 2.19. The molecule has 2 aromatic rings. The number of nitrogens with zero attached hydrogens (tertiary/aromatic N) is 3. The number of halogens is 2. The largest absolute Gasteiger partial charge is 0.333 e. The molecule has 5 nitrogen and oxygen atoms in total. The molecule has 1 aliphatic rings. The van der Waals surface area contributed by atoms with Crippen molar-refractivity contribution in [2.75, 3.05) is 13.1 Å². The topological polar surface area (TPSA) is 72.1 Å². The fourth-order valence-corrected chi connectivity index (χ4v) is 2.56. The van der Waals surface area contributed by atoms with E-state index in [1.165, 1.54) is 0 Å². The molecule has 2 N–H and O–H groups in total. The molecule has 1 aromatic heterocycles. The number of rotatable bonds is 2. The average molecular weight is 329 g/mol. The second kappa shape index (κ2) is 7.54. The molecule has 1 fully saturated rings. The van der Waals surface area contributed by atoms with Gasteiger partial charge >= 0.3 is 0 Å². The number of carbonyl (C=O) groups excluding carboxylic acids is 1. The van der Waals surface area contributed by atoms with Crippen molar-refractivity contribution in [3.8, 4) is 0 Å². The van der Waals surface area contributed by atoms with Gasteiger partial charge in [0.1, 0.15) is 5.69 Å². The van der Waals surface area contributed by atoms with Gasteiger partial charge in [-0.1, -0.05) is 12.1 Å². The fourth-order valence-electron chi connectivity index (χ4n) is 2.56. The zero-order valence-corrected chi connectivity index (χ0v) is 13.1. The molecule has 1 atom stereocenters. The van der Waals surface area contributed by atoms with Gasteiger partial charge in [0.15, 0.2) is 0 Å². The first kappa shape index (κ1) is 17.6. The maximum absolute atomic E-state index is 12.4. The minimum atomic E-state index is -0.0637. The molecule has 0 saturated carbocycles. The van der Waals surface area contributed by atoms with E-state index < -0.39 is 0 Å². The number of fused-ring (bicyclic) bond motifs is 1. The first-order valence-electron chi connectivity index (χ1n) is 6.52. The quantitative estimate of drug-likeness (QED) is 0.915.